The minimum absolute atomic E-state index is 0.163. The summed E-state index contributed by atoms with van der Waals surface area (Å²) >= 11 is 0. The lowest BCUT2D eigenvalue weighted by Gasteiger charge is -2.08. The van der Waals surface area contributed by atoms with Gasteiger partial charge in [-0.05, 0) is 47.9 Å². The maximum absolute atomic E-state index is 14.3. The molecule has 148 valence electrons. The van der Waals surface area contributed by atoms with Gasteiger partial charge in [0, 0.05) is 43.1 Å². The monoisotopic (exact) mass is 398 g/mol. The lowest BCUT2D eigenvalue weighted by atomic mass is 10.0. The number of nitrogens with zero attached hydrogens (tertiary/aromatic N) is 2. The molecule has 5 nitrogen and oxygen atoms in total. The molecule has 0 radical (unpaired) electrons. The molecule has 4 aromatic rings. The molecule has 4 rings (SSSR count). The van der Waals surface area contributed by atoms with E-state index >= 15 is 0 Å². The van der Waals surface area contributed by atoms with Gasteiger partial charge in [-0.1, -0.05) is 0 Å². The van der Waals surface area contributed by atoms with Gasteiger partial charge < -0.3 is 14.9 Å². The lowest BCUT2D eigenvalue weighted by Crippen LogP contribution is -2.28. The van der Waals surface area contributed by atoms with Gasteiger partial charge >= 0.3 is 0 Å². The van der Waals surface area contributed by atoms with Gasteiger partial charge in [0.1, 0.15) is 17.5 Å². The van der Waals surface area contributed by atoms with E-state index in [1.165, 1.54) is 24.4 Å². The Morgan fingerprint density at radius 1 is 1.14 bits per heavy atom. The number of carbonyl (C=O) groups is 1. The number of imidazole rings is 1. The first-order valence-electron chi connectivity index (χ1n) is 8.95. The van der Waals surface area contributed by atoms with Crippen molar-refractivity contribution in [3.63, 3.8) is 0 Å². The smallest absolute Gasteiger partial charge is 0.287 e. The van der Waals surface area contributed by atoms with Crippen molar-refractivity contribution in [3.05, 3.63) is 77.6 Å². The number of carbonyl (C=O) groups excluding carboxylic acids is 1. The highest BCUT2D eigenvalue weighted by Crippen LogP contribution is 2.32. The third-order valence-corrected chi connectivity index (χ3v) is 4.75. The number of aryl methyl sites for hydroxylation is 1. The highest BCUT2D eigenvalue weighted by molar-refractivity contribution is 5.92. The molecule has 8 heteroatoms. The molecule has 29 heavy (non-hydrogen) atoms. The van der Waals surface area contributed by atoms with Crippen LogP contribution in [0.25, 0.3) is 22.2 Å². The van der Waals surface area contributed by atoms with Crippen molar-refractivity contribution in [3.8, 4) is 11.3 Å². The maximum Gasteiger partial charge on any atom is 0.287 e. The Morgan fingerprint density at radius 3 is 2.59 bits per heavy atom. The second-order valence-corrected chi connectivity index (χ2v) is 6.66. The molecule has 2 heterocycles. The van der Waals surface area contributed by atoms with Crippen LogP contribution >= 0.6 is 0 Å². The maximum atomic E-state index is 14.3. The van der Waals surface area contributed by atoms with E-state index in [0.29, 0.717) is 28.6 Å². The third-order valence-electron chi connectivity index (χ3n) is 4.75. The fourth-order valence-electron chi connectivity index (χ4n) is 3.36. The van der Waals surface area contributed by atoms with E-state index in [9.17, 15) is 18.0 Å². The molecule has 0 atom stereocenters. The number of hydrogen-bond acceptors (Lipinski definition) is 2. The zero-order valence-corrected chi connectivity index (χ0v) is 15.5. The van der Waals surface area contributed by atoms with Crippen molar-refractivity contribution in [2.24, 2.45) is 7.05 Å². The molecule has 0 aliphatic heterocycles. The summed E-state index contributed by atoms with van der Waals surface area (Å²) in [5.74, 6) is -1.90. The van der Waals surface area contributed by atoms with Gasteiger partial charge in [0.05, 0.1) is 5.52 Å². The van der Waals surface area contributed by atoms with Crippen molar-refractivity contribution in [2.45, 2.75) is 6.42 Å². The van der Waals surface area contributed by atoms with E-state index in [4.69, 9.17) is 0 Å². The Labute approximate surface area is 164 Å². The van der Waals surface area contributed by atoms with Gasteiger partial charge in [-0.3, -0.25) is 4.79 Å². The van der Waals surface area contributed by atoms with Crippen molar-refractivity contribution in [1.82, 2.24) is 19.9 Å². The molecule has 0 saturated carbocycles. The van der Waals surface area contributed by atoms with Crippen molar-refractivity contribution in [2.75, 3.05) is 6.54 Å². The van der Waals surface area contributed by atoms with Gasteiger partial charge in [-0.15, -0.1) is 0 Å². The SMILES string of the molecule is Cn1ccnc1C(=O)NCCc1c(-c2ccc(F)cc2)[nH]c2c(F)cc(F)cc12. The van der Waals surface area contributed by atoms with E-state index in [-0.39, 0.29) is 23.8 Å². The summed E-state index contributed by atoms with van der Waals surface area (Å²) < 4.78 is 43.0. The first-order chi connectivity index (χ1) is 13.9. The van der Waals surface area contributed by atoms with Crippen molar-refractivity contribution in [1.29, 1.82) is 0 Å². The zero-order valence-electron chi connectivity index (χ0n) is 15.5. The second kappa shape index (κ2) is 7.46. The molecular weight excluding hydrogens is 381 g/mol. The van der Waals surface area contributed by atoms with Crippen LogP contribution in [-0.2, 0) is 13.5 Å². The average Bonchev–Trinajstić information content (AvgIpc) is 3.27. The largest absolute Gasteiger partial charge is 0.352 e. The second-order valence-electron chi connectivity index (χ2n) is 6.66. The number of benzene rings is 2. The van der Waals surface area contributed by atoms with Gasteiger partial charge in [0.25, 0.3) is 5.91 Å². The van der Waals surface area contributed by atoms with Crippen LogP contribution in [0.2, 0.25) is 0 Å². The van der Waals surface area contributed by atoms with Crippen LogP contribution in [-0.4, -0.2) is 27.0 Å². The standard InChI is InChI=1S/C21H17F3N4O/c1-28-9-8-25-20(28)21(29)26-7-6-15-16-10-14(23)11-17(24)19(16)27-18(15)12-2-4-13(22)5-3-12/h2-5,8-11,27H,6-7H2,1H3,(H,26,29). The summed E-state index contributed by atoms with van der Waals surface area (Å²) in [5.41, 5.74) is 1.98. The average molecular weight is 398 g/mol. The Hall–Kier alpha value is -3.55. The Kier molecular flexibility index (Phi) is 4.84. The number of aromatic nitrogens is 3. The normalized spacial score (nSPS) is 11.2. The topological polar surface area (TPSA) is 62.7 Å². The van der Waals surface area contributed by atoms with Gasteiger partial charge in [0.15, 0.2) is 5.82 Å². The molecule has 0 spiro atoms. The summed E-state index contributed by atoms with van der Waals surface area (Å²) in [6.07, 6.45) is 3.49. The molecule has 0 aliphatic rings. The predicted octanol–water partition coefficient (Wildman–Crippen LogP) is 3.96. The van der Waals surface area contributed by atoms with Gasteiger partial charge in [-0.25, -0.2) is 18.2 Å². The van der Waals surface area contributed by atoms with E-state index < -0.39 is 17.5 Å². The molecule has 2 N–H and O–H groups in total. The number of amides is 1. The van der Waals surface area contributed by atoms with E-state index in [2.05, 4.69) is 15.3 Å². The van der Waals surface area contributed by atoms with Crippen LogP contribution in [0.4, 0.5) is 13.2 Å². The van der Waals surface area contributed by atoms with E-state index in [1.807, 2.05) is 0 Å². The Balaban J connectivity index is 1.67. The van der Waals surface area contributed by atoms with E-state index in [1.54, 1.807) is 29.9 Å². The molecule has 0 bridgehead atoms. The summed E-state index contributed by atoms with van der Waals surface area (Å²) in [4.78, 5) is 19.2. The third kappa shape index (κ3) is 3.61. The number of aromatic amines is 1. The molecule has 0 aliphatic carbocycles. The van der Waals surface area contributed by atoms with Crippen molar-refractivity contribution >= 4 is 16.8 Å². The van der Waals surface area contributed by atoms with Crippen molar-refractivity contribution < 1.29 is 18.0 Å². The number of fused-ring (bicyclic) bond motifs is 1. The fourth-order valence-corrected chi connectivity index (χ4v) is 3.36. The quantitative estimate of drug-likeness (QED) is 0.535. The minimum atomic E-state index is -0.716. The Bertz CT molecular complexity index is 1190. The van der Waals surface area contributed by atoms with Crippen LogP contribution in [0.5, 0.6) is 0 Å². The summed E-state index contributed by atoms with van der Waals surface area (Å²) in [7, 11) is 1.71. The van der Waals surface area contributed by atoms with Crippen LogP contribution < -0.4 is 5.32 Å². The molecule has 0 fully saturated rings. The summed E-state index contributed by atoms with van der Waals surface area (Å²) in [6.45, 7) is 0.227. The van der Waals surface area contributed by atoms with Crippen LogP contribution in [0, 0.1) is 17.5 Å². The molecule has 0 saturated heterocycles. The fraction of sp³-hybridized carbons (Fsp3) is 0.143. The minimum Gasteiger partial charge on any atom is -0.352 e. The first-order valence-corrected chi connectivity index (χ1v) is 8.95. The summed E-state index contributed by atoms with van der Waals surface area (Å²) in [6, 6.07) is 7.77. The molecule has 1 amide bonds. The lowest BCUT2D eigenvalue weighted by molar-refractivity contribution is 0.0940. The molecule has 2 aromatic carbocycles. The number of H-pyrrole nitrogens is 1. The van der Waals surface area contributed by atoms with Gasteiger partial charge in [-0.2, -0.15) is 0 Å². The highest BCUT2D eigenvalue weighted by atomic mass is 19.1. The number of rotatable bonds is 5. The molecule has 2 aromatic heterocycles. The number of nitrogens with one attached hydrogen (secondary N) is 2. The van der Waals surface area contributed by atoms with Crippen LogP contribution in [0.3, 0.4) is 0 Å². The summed E-state index contributed by atoms with van der Waals surface area (Å²) in [5, 5.41) is 3.14. The number of halogens is 3. The van der Waals surface area contributed by atoms with Crippen LogP contribution in [0.1, 0.15) is 16.2 Å². The van der Waals surface area contributed by atoms with Crippen LogP contribution in [0.15, 0.2) is 48.8 Å². The van der Waals surface area contributed by atoms with E-state index in [0.717, 1.165) is 6.07 Å². The first kappa shape index (κ1) is 18.8. The Morgan fingerprint density at radius 2 is 1.90 bits per heavy atom. The highest BCUT2D eigenvalue weighted by Gasteiger charge is 2.18. The zero-order chi connectivity index (χ0) is 20.5. The molecular formula is C21H17F3N4O. The predicted molar refractivity (Wildman–Crippen MR) is 103 cm³/mol. The molecule has 0 unspecified atom stereocenters. The number of hydrogen-bond donors (Lipinski definition) is 2. The van der Waals surface area contributed by atoms with Gasteiger partial charge in [0.2, 0.25) is 0 Å².